The van der Waals surface area contributed by atoms with Crippen LogP contribution in [0.25, 0.3) is 0 Å². The molecular weight excluding hydrogens is 350 g/mol. The Labute approximate surface area is 147 Å². The summed E-state index contributed by atoms with van der Waals surface area (Å²) in [5.74, 6) is 1.17. The zero-order valence-corrected chi connectivity index (χ0v) is 15.2. The van der Waals surface area contributed by atoms with Gasteiger partial charge in [-0.15, -0.1) is 0 Å². The summed E-state index contributed by atoms with van der Waals surface area (Å²) in [6.07, 6.45) is 3.78. The van der Waals surface area contributed by atoms with Crippen LogP contribution in [0.15, 0.2) is 34.9 Å². The largest absolute Gasteiger partial charge is 0.444 e. The number of rotatable bonds is 5. The lowest BCUT2D eigenvalue weighted by Gasteiger charge is -2.25. The molecule has 1 aromatic carbocycles. The van der Waals surface area contributed by atoms with Gasteiger partial charge in [-0.25, -0.2) is 4.98 Å². The molecule has 1 aliphatic rings. The van der Waals surface area contributed by atoms with Gasteiger partial charge in [0, 0.05) is 32.1 Å². The monoisotopic (exact) mass is 369 g/mol. The lowest BCUT2D eigenvalue weighted by atomic mass is 10.1. The van der Waals surface area contributed by atoms with Gasteiger partial charge in [0.25, 0.3) is 10.2 Å². The van der Waals surface area contributed by atoms with E-state index in [1.54, 1.807) is 6.20 Å². The predicted molar refractivity (Wildman–Crippen MR) is 92.0 cm³/mol. The molecule has 6 nitrogen and oxygen atoms in total. The molecule has 2 aromatic rings. The summed E-state index contributed by atoms with van der Waals surface area (Å²) in [6.45, 7) is 0.486. The molecule has 8 heteroatoms. The lowest BCUT2D eigenvalue weighted by molar-refractivity contribution is 0.306. The van der Waals surface area contributed by atoms with E-state index in [0.717, 1.165) is 12.0 Å². The van der Waals surface area contributed by atoms with Crippen LogP contribution in [0.2, 0.25) is 5.02 Å². The molecule has 24 heavy (non-hydrogen) atoms. The fourth-order valence-electron chi connectivity index (χ4n) is 2.83. The number of oxazole rings is 1. The fraction of sp³-hybridized carbons (Fsp3) is 0.438. The zero-order valence-electron chi connectivity index (χ0n) is 13.6. The van der Waals surface area contributed by atoms with Crippen LogP contribution in [0.1, 0.15) is 36.1 Å². The third-order valence-electron chi connectivity index (χ3n) is 4.11. The average Bonchev–Trinajstić information content (AvgIpc) is 3.18. The minimum Gasteiger partial charge on any atom is -0.444 e. The second-order valence-corrected chi connectivity index (χ2v) is 8.56. The molecule has 0 bridgehead atoms. The van der Waals surface area contributed by atoms with Crippen LogP contribution in [0.5, 0.6) is 0 Å². The molecule has 1 aromatic heterocycles. The number of hydrogen-bond acceptors (Lipinski definition) is 4. The average molecular weight is 370 g/mol. The summed E-state index contributed by atoms with van der Waals surface area (Å²) in [4.78, 5) is 4.32. The summed E-state index contributed by atoms with van der Waals surface area (Å²) in [5, 5.41) is 0.687. The Bertz CT molecular complexity index is 802. The summed E-state index contributed by atoms with van der Waals surface area (Å²) >= 11 is 5.89. The molecule has 0 radical (unpaired) electrons. The first-order chi connectivity index (χ1) is 11.4. The van der Waals surface area contributed by atoms with Gasteiger partial charge in [-0.3, -0.25) is 0 Å². The van der Waals surface area contributed by atoms with Crippen molar-refractivity contribution in [3.63, 3.8) is 0 Å². The van der Waals surface area contributed by atoms with Crippen molar-refractivity contribution in [3.05, 3.63) is 52.7 Å². The molecule has 0 N–H and O–H groups in total. The molecular formula is C16H20ClN3O3S. The summed E-state index contributed by atoms with van der Waals surface area (Å²) < 4.78 is 33.4. The number of halogens is 1. The Morgan fingerprint density at radius 2 is 2.04 bits per heavy atom. The fourth-order valence-corrected chi connectivity index (χ4v) is 4.26. The van der Waals surface area contributed by atoms with Gasteiger partial charge in [0.15, 0.2) is 0 Å². The van der Waals surface area contributed by atoms with Crippen molar-refractivity contribution >= 4 is 21.8 Å². The van der Waals surface area contributed by atoms with E-state index in [1.807, 2.05) is 24.3 Å². The van der Waals surface area contributed by atoms with E-state index in [9.17, 15) is 8.42 Å². The van der Waals surface area contributed by atoms with Crippen molar-refractivity contribution < 1.29 is 12.8 Å². The van der Waals surface area contributed by atoms with Gasteiger partial charge in [-0.2, -0.15) is 17.0 Å². The molecule has 0 saturated carbocycles. The molecule has 0 amide bonds. The van der Waals surface area contributed by atoms with E-state index in [1.165, 1.54) is 22.7 Å². The van der Waals surface area contributed by atoms with E-state index in [2.05, 4.69) is 4.98 Å². The number of hydrogen-bond donors (Lipinski definition) is 0. The second kappa shape index (κ2) is 6.84. The van der Waals surface area contributed by atoms with Crippen molar-refractivity contribution in [2.45, 2.75) is 25.3 Å². The van der Waals surface area contributed by atoms with Gasteiger partial charge < -0.3 is 4.42 Å². The van der Waals surface area contributed by atoms with Crippen LogP contribution >= 0.6 is 11.6 Å². The summed E-state index contributed by atoms with van der Waals surface area (Å²) in [7, 11) is -0.408. The molecule has 0 aliphatic carbocycles. The van der Waals surface area contributed by atoms with Crippen LogP contribution in [0.3, 0.4) is 0 Å². The maximum atomic E-state index is 12.4. The van der Waals surface area contributed by atoms with Crippen molar-refractivity contribution in [3.8, 4) is 0 Å². The van der Waals surface area contributed by atoms with E-state index in [-0.39, 0.29) is 6.04 Å². The van der Waals surface area contributed by atoms with Crippen LogP contribution in [-0.4, -0.2) is 42.7 Å². The highest BCUT2D eigenvalue weighted by molar-refractivity contribution is 7.86. The Kier molecular flexibility index (Phi) is 4.96. The highest BCUT2D eigenvalue weighted by Crippen LogP contribution is 2.34. The summed E-state index contributed by atoms with van der Waals surface area (Å²) in [6, 6.07) is 7.19. The molecule has 0 spiro atoms. The van der Waals surface area contributed by atoms with Gasteiger partial charge >= 0.3 is 0 Å². The van der Waals surface area contributed by atoms with E-state index in [0.29, 0.717) is 36.1 Å². The lowest BCUT2D eigenvalue weighted by Crippen LogP contribution is -2.39. The quantitative estimate of drug-likeness (QED) is 0.812. The number of nitrogens with zero attached hydrogens (tertiary/aromatic N) is 3. The number of aromatic nitrogens is 1. The van der Waals surface area contributed by atoms with Gasteiger partial charge in [-0.1, -0.05) is 23.7 Å². The third kappa shape index (κ3) is 3.49. The molecule has 3 rings (SSSR count). The van der Waals surface area contributed by atoms with E-state index < -0.39 is 10.2 Å². The Balaban J connectivity index is 1.78. The van der Waals surface area contributed by atoms with E-state index in [4.69, 9.17) is 16.0 Å². The van der Waals surface area contributed by atoms with Crippen LogP contribution in [-0.2, 0) is 16.6 Å². The highest BCUT2D eigenvalue weighted by Gasteiger charge is 2.39. The first-order valence-electron chi connectivity index (χ1n) is 7.76. The second-order valence-electron chi connectivity index (χ2n) is 6.03. The first kappa shape index (κ1) is 17.4. The highest BCUT2D eigenvalue weighted by atomic mass is 35.5. The van der Waals surface area contributed by atoms with Crippen LogP contribution in [0.4, 0.5) is 0 Å². The SMILES string of the molecule is CN(C)S(=O)(=O)N1CCC[C@H]1c1ncc(Cc2ccc(Cl)cc2)o1. The van der Waals surface area contributed by atoms with E-state index >= 15 is 0 Å². The van der Waals surface area contributed by atoms with Gasteiger partial charge in [0.1, 0.15) is 11.8 Å². The van der Waals surface area contributed by atoms with Crippen molar-refractivity contribution in [2.75, 3.05) is 20.6 Å². The minimum absolute atomic E-state index is 0.337. The normalized spacial score (nSPS) is 19.2. The molecule has 2 heterocycles. The Hall–Kier alpha value is -1.41. The van der Waals surface area contributed by atoms with Gasteiger partial charge in [-0.05, 0) is 30.5 Å². The first-order valence-corrected chi connectivity index (χ1v) is 9.54. The molecule has 1 fully saturated rings. The Morgan fingerprint density at radius 1 is 1.33 bits per heavy atom. The van der Waals surface area contributed by atoms with Gasteiger partial charge in [0.05, 0.1) is 6.20 Å². The van der Waals surface area contributed by atoms with Crippen LogP contribution < -0.4 is 0 Å². The standard InChI is InChI=1S/C16H20ClN3O3S/c1-19(2)24(21,22)20-9-3-4-15(20)16-18-11-14(23-16)10-12-5-7-13(17)8-6-12/h5-8,11,15H,3-4,9-10H2,1-2H3/t15-/m0/s1. The summed E-state index contributed by atoms with van der Waals surface area (Å²) in [5.41, 5.74) is 1.06. The Morgan fingerprint density at radius 3 is 2.71 bits per heavy atom. The topological polar surface area (TPSA) is 66.7 Å². The van der Waals surface area contributed by atoms with Crippen molar-refractivity contribution in [1.82, 2.24) is 13.6 Å². The third-order valence-corrected chi connectivity index (χ3v) is 6.31. The maximum Gasteiger partial charge on any atom is 0.282 e. The molecule has 1 atom stereocenters. The van der Waals surface area contributed by atoms with Crippen molar-refractivity contribution in [1.29, 1.82) is 0 Å². The zero-order chi connectivity index (χ0) is 17.3. The minimum atomic E-state index is -3.48. The van der Waals surface area contributed by atoms with Crippen molar-refractivity contribution in [2.24, 2.45) is 0 Å². The van der Waals surface area contributed by atoms with Crippen LogP contribution in [0, 0.1) is 0 Å². The molecule has 1 saturated heterocycles. The number of benzene rings is 1. The smallest absolute Gasteiger partial charge is 0.282 e. The predicted octanol–water partition coefficient (Wildman–Crippen LogP) is 2.86. The molecule has 1 aliphatic heterocycles. The molecule has 0 unspecified atom stereocenters. The maximum absolute atomic E-state index is 12.4. The molecule has 130 valence electrons. The van der Waals surface area contributed by atoms with Gasteiger partial charge in [0.2, 0.25) is 5.89 Å².